The van der Waals surface area contributed by atoms with Gasteiger partial charge in [0.15, 0.2) is 0 Å². The molecule has 2 N–H and O–H groups in total. The second-order valence-corrected chi connectivity index (χ2v) is 5.26. The smallest absolute Gasteiger partial charge is 0.269 e. The molecule has 0 atom stereocenters. The highest BCUT2D eigenvalue weighted by Crippen LogP contribution is 2.21. The Kier molecular flexibility index (Phi) is 4.94. The summed E-state index contributed by atoms with van der Waals surface area (Å²) < 4.78 is 0. The van der Waals surface area contributed by atoms with E-state index in [1.54, 1.807) is 18.3 Å². The summed E-state index contributed by atoms with van der Waals surface area (Å²) in [6.45, 7) is 1.98. The van der Waals surface area contributed by atoms with Crippen LogP contribution in [0.1, 0.15) is 12.5 Å². The summed E-state index contributed by atoms with van der Waals surface area (Å²) in [6.07, 6.45) is 2.46. The van der Waals surface area contributed by atoms with Gasteiger partial charge < -0.3 is 5.32 Å². The van der Waals surface area contributed by atoms with Crippen molar-refractivity contribution in [3.63, 3.8) is 0 Å². The van der Waals surface area contributed by atoms with Gasteiger partial charge in [-0.3, -0.25) is 20.0 Å². The van der Waals surface area contributed by atoms with Gasteiger partial charge >= 0.3 is 0 Å². The molecule has 1 aromatic heterocycles. The van der Waals surface area contributed by atoms with E-state index < -0.39 is 4.92 Å². The van der Waals surface area contributed by atoms with Gasteiger partial charge in [0.1, 0.15) is 5.82 Å². The van der Waals surface area contributed by atoms with E-state index in [0.29, 0.717) is 5.82 Å². The quantitative estimate of drug-likeness (QED) is 0.485. The zero-order valence-electron chi connectivity index (χ0n) is 11.3. The fraction of sp³-hybridized carbons (Fsp3) is 0.231. The van der Waals surface area contributed by atoms with E-state index in [1.165, 1.54) is 23.9 Å². The van der Waals surface area contributed by atoms with E-state index in [1.807, 2.05) is 6.92 Å². The van der Waals surface area contributed by atoms with Crippen LogP contribution in [0.25, 0.3) is 0 Å². The third-order valence-corrected chi connectivity index (χ3v) is 3.79. The summed E-state index contributed by atoms with van der Waals surface area (Å²) in [5, 5.41) is 19.9. The van der Waals surface area contributed by atoms with Crippen LogP contribution in [0.2, 0.25) is 0 Å². The number of aromatic amines is 1. The van der Waals surface area contributed by atoms with E-state index in [-0.39, 0.29) is 17.3 Å². The predicted octanol–water partition coefficient (Wildman–Crippen LogP) is 2.61. The van der Waals surface area contributed by atoms with Crippen molar-refractivity contribution in [3.8, 4) is 0 Å². The Balaban J connectivity index is 1.87. The molecule has 0 aliphatic heterocycles. The molecule has 0 spiro atoms. The third kappa shape index (κ3) is 4.06. The van der Waals surface area contributed by atoms with Crippen LogP contribution in [-0.2, 0) is 11.2 Å². The number of H-pyrrole nitrogens is 1. The number of thioether (sulfide) groups is 1. The number of nitro benzene ring substituents is 1. The number of rotatable bonds is 6. The fourth-order valence-corrected chi connectivity index (χ4v) is 2.37. The highest BCUT2D eigenvalue weighted by atomic mass is 32.2. The van der Waals surface area contributed by atoms with Gasteiger partial charge in [-0.05, 0) is 18.6 Å². The van der Waals surface area contributed by atoms with Crippen LogP contribution in [0.5, 0.6) is 0 Å². The molecule has 2 aromatic rings. The van der Waals surface area contributed by atoms with Crippen molar-refractivity contribution in [3.05, 3.63) is 46.1 Å². The first-order valence-corrected chi connectivity index (χ1v) is 7.28. The Morgan fingerprint density at radius 1 is 1.43 bits per heavy atom. The van der Waals surface area contributed by atoms with Gasteiger partial charge in [0.05, 0.1) is 16.9 Å². The van der Waals surface area contributed by atoms with Crippen molar-refractivity contribution in [1.82, 2.24) is 10.2 Å². The highest BCUT2D eigenvalue weighted by molar-refractivity contribution is 8.00. The molecule has 8 heteroatoms. The number of carbonyl (C=O) groups excluding carboxylic acids is 1. The predicted molar refractivity (Wildman–Crippen MR) is 80.4 cm³/mol. The Morgan fingerprint density at radius 3 is 2.76 bits per heavy atom. The molecule has 2 rings (SSSR count). The minimum Gasteiger partial charge on any atom is -0.310 e. The molecule has 1 aromatic carbocycles. The highest BCUT2D eigenvalue weighted by Gasteiger charge is 2.09. The van der Waals surface area contributed by atoms with Crippen LogP contribution < -0.4 is 5.32 Å². The molecule has 110 valence electrons. The van der Waals surface area contributed by atoms with Crippen molar-refractivity contribution in [2.75, 3.05) is 11.1 Å². The first-order chi connectivity index (χ1) is 10.1. The second kappa shape index (κ2) is 6.89. The number of anilines is 1. The third-order valence-electron chi connectivity index (χ3n) is 2.78. The lowest BCUT2D eigenvalue weighted by Gasteiger charge is -2.04. The summed E-state index contributed by atoms with van der Waals surface area (Å²) in [5.41, 5.74) is 0.984. The molecular weight excluding hydrogens is 292 g/mol. The molecule has 0 saturated heterocycles. The number of nitro groups is 1. The zero-order chi connectivity index (χ0) is 15.2. The Morgan fingerprint density at radius 2 is 2.14 bits per heavy atom. The number of nitrogens with one attached hydrogen (secondary N) is 2. The average molecular weight is 306 g/mol. The van der Waals surface area contributed by atoms with E-state index in [2.05, 4.69) is 15.5 Å². The second-order valence-electron chi connectivity index (χ2n) is 4.21. The standard InChI is InChI=1S/C13H14N4O3S/c1-2-9-7-14-16-13(9)15-12(18)8-21-11-5-3-10(4-6-11)17(19)20/h3-7H,2,8H2,1H3,(H2,14,15,16,18). The maximum atomic E-state index is 11.8. The fourth-order valence-electron chi connectivity index (χ4n) is 1.68. The molecule has 0 aliphatic carbocycles. The van der Waals surface area contributed by atoms with Crippen LogP contribution in [0.3, 0.4) is 0 Å². The lowest BCUT2D eigenvalue weighted by atomic mass is 10.2. The number of hydrogen-bond donors (Lipinski definition) is 2. The molecular formula is C13H14N4O3S. The van der Waals surface area contributed by atoms with Crippen LogP contribution >= 0.6 is 11.8 Å². The van der Waals surface area contributed by atoms with E-state index in [9.17, 15) is 14.9 Å². The van der Waals surface area contributed by atoms with Gasteiger partial charge in [0, 0.05) is 22.6 Å². The summed E-state index contributed by atoms with van der Waals surface area (Å²) in [5.74, 6) is 0.684. The molecule has 0 aliphatic rings. The summed E-state index contributed by atoms with van der Waals surface area (Å²) in [7, 11) is 0. The Bertz CT molecular complexity index is 639. The average Bonchev–Trinajstić information content (AvgIpc) is 2.92. The summed E-state index contributed by atoms with van der Waals surface area (Å²) in [6, 6.07) is 6.10. The lowest BCUT2D eigenvalue weighted by molar-refractivity contribution is -0.384. The number of benzene rings is 1. The Hall–Kier alpha value is -2.35. The number of amides is 1. The van der Waals surface area contributed by atoms with Crippen molar-refractivity contribution < 1.29 is 9.72 Å². The molecule has 7 nitrogen and oxygen atoms in total. The van der Waals surface area contributed by atoms with Crippen molar-refractivity contribution >= 4 is 29.2 Å². The minimum atomic E-state index is -0.453. The number of hydrogen-bond acceptors (Lipinski definition) is 5. The normalized spacial score (nSPS) is 10.3. The summed E-state index contributed by atoms with van der Waals surface area (Å²) in [4.78, 5) is 22.7. The van der Waals surface area contributed by atoms with E-state index >= 15 is 0 Å². The largest absolute Gasteiger partial charge is 0.310 e. The molecule has 1 amide bonds. The van der Waals surface area contributed by atoms with E-state index in [4.69, 9.17) is 0 Å². The molecule has 0 bridgehead atoms. The number of aryl methyl sites for hydroxylation is 1. The van der Waals surface area contributed by atoms with Crippen LogP contribution in [0.4, 0.5) is 11.5 Å². The maximum Gasteiger partial charge on any atom is 0.269 e. The monoisotopic (exact) mass is 306 g/mol. The number of non-ortho nitro benzene ring substituents is 1. The number of carbonyl (C=O) groups is 1. The van der Waals surface area contributed by atoms with Crippen LogP contribution in [0, 0.1) is 10.1 Å². The van der Waals surface area contributed by atoms with Gasteiger partial charge in [-0.1, -0.05) is 6.92 Å². The van der Waals surface area contributed by atoms with Gasteiger partial charge in [-0.25, -0.2) is 0 Å². The van der Waals surface area contributed by atoms with Crippen LogP contribution in [0.15, 0.2) is 35.4 Å². The lowest BCUT2D eigenvalue weighted by Crippen LogP contribution is -2.15. The minimum absolute atomic E-state index is 0.0360. The van der Waals surface area contributed by atoms with Gasteiger partial charge in [-0.2, -0.15) is 5.10 Å². The molecule has 0 unspecified atom stereocenters. The Labute approximate surface area is 125 Å². The van der Waals surface area contributed by atoms with Gasteiger partial charge in [-0.15, -0.1) is 11.8 Å². The van der Waals surface area contributed by atoms with E-state index in [0.717, 1.165) is 16.9 Å². The molecule has 1 heterocycles. The first-order valence-electron chi connectivity index (χ1n) is 6.29. The first kappa shape index (κ1) is 15.0. The number of nitrogens with zero attached hydrogens (tertiary/aromatic N) is 2. The molecule has 0 radical (unpaired) electrons. The van der Waals surface area contributed by atoms with Gasteiger partial charge in [0.25, 0.3) is 5.69 Å². The van der Waals surface area contributed by atoms with Gasteiger partial charge in [0.2, 0.25) is 5.91 Å². The molecule has 21 heavy (non-hydrogen) atoms. The van der Waals surface area contributed by atoms with Crippen molar-refractivity contribution in [1.29, 1.82) is 0 Å². The zero-order valence-corrected chi connectivity index (χ0v) is 12.1. The molecule has 0 fully saturated rings. The topological polar surface area (TPSA) is 101 Å². The summed E-state index contributed by atoms with van der Waals surface area (Å²) >= 11 is 1.32. The molecule has 0 saturated carbocycles. The van der Waals surface area contributed by atoms with Crippen molar-refractivity contribution in [2.45, 2.75) is 18.2 Å². The SMILES string of the molecule is CCc1cn[nH]c1NC(=O)CSc1ccc([N+](=O)[O-])cc1. The van der Waals surface area contributed by atoms with Crippen molar-refractivity contribution in [2.24, 2.45) is 0 Å². The van der Waals surface area contributed by atoms with Crippen LogP contribution in [-0.4, -0.2) is 26.8 Å². The number of aromatic nitrogens is 2. The maximum absolute atomic E-state index is 11.8.